The van der Waals surface area contributed by atoms with Gasteiger partial charge in [-0.15, -0.1) is 10.2 Å². The van der Waals surface area contributed by atoms with Gasteiger partial charge in [-0.1, -0.05) is 37.6 Å². The van der Waals surface area contributed by atoms with Crippen molar-refractivity contribution in [1.82, 2.24) is 25.5 Å². The first-order chi connectivity index (χ1) is 10.4. The minimum Gasteiger partial charge on any atom is -0.316 e. The van der Waals surface area contributed by atoms with Crippen molar-refractivity contribution in [3.63, 3.8) is 0 Å². The van der Waals surface area contributed by atoms with Gasteiger partial charge in [0.2, 0.25) is 0 Å². The molecule has 1 unspecified atom stereocenters. The van der Waals surface area contributed by atoms with Crippen LogP contribution >= 0.6 is 0 Å². The first kappa shape index (κ1) is 14.2. The summed E-state index contributed by atoms with van der Waals surface area (Å²) in [7, 11) is 0. The number of tetrazole rings is 1. The Bertz CT molecular complexity index is 528. The van der Waals surface area contributed by atoms with E-state index < -0.39 is 0 Å². The van der Waals surface area contributed by atoms with Crippen molar-refractivity contribution >= 4 is 0 Å². The Hall–Kier alpha value is -1.75. The van der Waals surface area contributed by atoms with Crippen LogP contribution in [0.3, 0.4) is 0 Å². The molecule has 0 spiro atoms. The monoisotopic (exact) mass is 285 g/mol. The molecule has 21 heavy (non-hydrogen) atoms. The third-order valence-electron chi connectivity index (χ3n) is 4.26. The fourth-order valence-corrected chi connectivity index (χ4v) is 3.22. The van der Waals surface area contributed by atoms with Crippen molar-refractivity contribution in [3.05, 3.63) is 41.7 Å². The van der Waals surface area contributed by atoms with Crippen LogP contribution in [0.25, 0.3) is 0 Å². The summed E-state index contributed by atoms with van der Waals surface area (Å²) in [5.74, 6) is 0.518. The molecule has 5 heteroatoms. The predicted octanol–water partition coefficient (Wildman–Crippen LogP) is 2.21. The molecule has 112 valence electrons. The summed E-state index contributed by atoms with van der Waals surface area (Å²) >= 11 is 0. The van der Waals surface area contributed by atoms with Crippen molar-refractivity contribution in [3.8, 4) is 0 Å². The molecular formula is C16H23N5. The third-order valence-corrected chi connectivity index (χ3v) is 4.26. The zero-order chi connectivity index (χ0) is 14.5. The molecule has 1 fully saturated rings. The second-order valence-corrected chi connectivity index (χ2v) is 5.80. The minimum absolute atomic E-state index is 0.177. The van der Waals surface area contributed by atoms with Crippen LogP contribution in [0, 0.1) is 5.92 Å². The Kier molecular flexibility index (Phi) is 4.60. The molecule has 3 rings (SSSR count). The molecule has 0 aliphatic carbocycles. The third kappa shape index (κ3) is 3.29. The Morgan fingerprint density at radius 2 is 2.19 bits per heavy atom. The lowest BCUT2D eigenvalue weighted by molar-refractivity contribution is 0.261. The van der Waals surface area contributed by atoms with E-state index in [2.05, 4.69) is 51.9 Å². The van der Waals surface area contributed by atoms with E-state index in [4.69, 9.17) is 0 Å². The summed E-state index contributed by atoms with van der Waals surface area (Å²) in [4.78, 5) is 1.77. The molecule has 2 heterocycles. The predicted molar refractivity (Wildman–Crippen MR) is 82.0 cm³/mol. The lowest BCUT2D eigenvalue weighted by Gasteiger charge is -2.30. The molecule has 1 aliphatic heterocycles. The summed E-state index contributed by atoms with van der Waals surface area (Å²) in [5, 5.41) is 15.8. The van der Waals surface area contributed by atoms with E-state index >= 15 is 0 Å². The summed E-state index contributed by atoms with van der Waals surface area (Å²) < 4.78 is 0. The molecule has 0 radical (unpaired) electrons. The lowest BCUT2D eigenvalue weighted by Crippen LogP contribution is -2.36. The normalized spacial score (nSPS) is 20.3. The van der Waals surface area contributed by atoms with Crippen molar-refractivity contribution < 1.29 is 0 Å². The molecule has 1 aromatic heterocycles. The number of hydrogen-bond donors (Lipinski definition) is 1. The van der Waals surface area contributed by atoms with Crippen LogP contribution in [0.15, 0.2) is 30.6 Å². The maximum atomic E-state index is 4.29. The fraction of sp³-hybridized carbons (Fsp3) is 0.562. The zero-order valence-electron chi connectivity index (χ0n) is 12.6. The van der Waals surface area contributed by atoms with E-state index in [1.165, 1.54) is 36.7 Å². The molecule has 2 atom stereocenters. The summed E-state index contributed by atoms with van der Waals surface area (Å²) in [6, 6.07) is 9.11. The van der Waals surface area contributed by atoms with Crippen LogP contribution in [-0.4, -0.2) is 33.3 Å². The van der Waals surface area contributed by atoms with Crippen LogP contribution in [0.1, 0.15) is 43.4 Å². The summed E-state index contributed by atoms with van der Waals surface area (Å²) in [5.41, 5.74) is 2.68. The number of nitrogens with zero attached hydrogens (tertiary/aromatic N) is 4. The van der Waals surface area contributed by atoms with Gasteiger partial charge in [0.15, 0.2) is 6.33 Å². The van der Waals surface area contributed by atoms with Crippen molar-refractivity contribution in [2.45, 2.75) is 38.6 Å². The minimum atomic E-state index is 0.177. The number of benzene rings is 1. The van der Waals surface area contributed by atoms with Gasteiger partial charge in [-0.25, -0.2) is 0 Å². The van der Waals surface area contributed by atoms with Crippen LogP contribution in [0.5, 0.6) is 0 Å². The standard InChI is InChI=1S/C16H23N5/c1-2-4-13-6-8-14(9-7-13)16(21-19-12-18-20-21)15-5-3-10-17-11-15/h6-9,12,15-17H,2-5,10-11H2,1H3/t15-,16?/m0/s1. The SMILES string of the molecule is CCCc1ccc(C([C@H]2CCCNC2)n2ncnn2)cc1. The van der Waals surface area contributed by atoms with Crippen LogP contribution < -0.4 is 5.32 Å². The van der Waals surface area contributed by atoms with E-state index in [1.54, 1.807) is 4.80 Å². The second kappa shape index (κ2) is 6.80. The molecule has 2 aromatic rings. The van der Waals surface area contributed by atoms with Gasteiger partial charge in [0.05, 0.1) is 0 Å². The molecule has 0 bridgehead atoms. The number of aryl methyl sites for hydroxylation is 1. The van der Waals surface area contributed by atoms with Gasteiger partial charge >= 0.3 is 0 Å². The first-order valence-corrected chi connectivity index (χ1v) is 7.90. The number of hydrogen-bond acceptors (Lipinski definition) is 4. The van der Waals surface area contributed by atoms with Gasteiger partial charge in [0.1, 0.15) is 6.04 Å². The molecule has 1 N–H and O–H groups in total. The number of rotatable bonds is 5. The van der Waals surface area contributed by atoms with Gasteiger partial charge in [0.25, 0.3) is 0 Å². The van der Waals surface area contributed by atoms with Crippen molar-refractivity contribution in [2.75, 3.05) is 13.1 Å². The number of aromatic nitrogens is 4. The van der Waals surface area contributed by atoms with Crippen molar-refractivity contribution in [2.24, 2.45) is 5.92 Å². The Labute approximate surface area is 125 Å². The first-order valence-electron chi connectivity index (χ1n) is 7.90. The van der Waals surface area contributed by atoms with E-state index in [9.17, 15) is 0 Å². The molecular weight excluding hydrogens is 262 g/mol. The van der Waals surface area contributed by atoms with Gasteiger partial charge < -0.3 is 5.32 Å². The number of nitrogens with one attached hydrogen (secondary N) is 1. The molecule has 1 aromatic carbocycles. The van der Waals surface area contributed by atoms with Gasteiger partial charge in [0, 0.05) is 6.54 Å². The highest BCUT2D eigenvalue weighted by molar-refractivity contribution is 5.26. The second-order valence-electron chi connectivity index (χ2n) is 5.80. The zero-order valence-corrected chi connectivity index (χ0v) is 12.6. The highest BCUT2D eigenvalue weighted by Gasteiger charge is 2.28. The summed E-state index contributed by atoms with van der Waals surface area (Å²) in [6.07, 6.45) is 6.26. The molecule has 0 saturated carbocycles. The fourth-order valence-electron chi connectivity index (χ4n) is 3.22. The molecule has 1 aliphatic rings. The van der Waals surface area contributed by atoms with Gasteiger partial charge in [-0.3, -0.25) is 0 Å². The molecule has 1 saturated heterocycles. The molecule has 5 nitrogen and oxygen atoms in total. The molecule has 0 amide bonds. The average Bonchev–Trinajstić information content (AvgIpc) is 3.05. The Balaban J connectivity index is 1.87. The quantitative estimate of drug-likeness (QED) is 0.915. The van der Waals surface area contributed by atoms with Gasteiger partial charge in [-0.05, 0) is 48.1 Å². The highest BCUT2D eigenvalue weighted by Crippen LogP contribution is 2.30. The average molecular weight is 285 g/mol. The van der Waals surface area contributed by atoms with E-state index in [1.807, 2.05) is 0 Å². The highest BCUT2D eigenvalue weighted by atomic mass is 15.6. The van der Waals surface area contributed by atoms with E-state index in [0.29, 0.717) is 5.92 Å². The number of piperidine rings is 1. The Morgan fingerprint density at radius 3 is 2.81 bits per heavy atom. The van der Waals surface area contributed by atoms with Crippen LogP contribution in [0.4, 0.5) is 0 Å². The van der Waals surface area contributed by atoms with Crippen LogP contribution in [0.2, 0.25) is 0 Å². The smallest absolute Gasteiger partial charge is 0.162 e. The maximum Gasteiger partial charge on any atom is 0.162 e. The van der Waals surface area contributed by atoms with Gasteiger partial charge in [-0.2, -0.15) is 4.80 Å². The topological polar surface area (TPSA) is 55.6 Å². The van der Waals surface area contributed by atoms with E-state index in [0.717, 1.165) is 19.5 Å². The van der Waals surface area contributed by atoms with E-state index in [-0.39, 0.29) is 6.04 Å². The largest absolute Gasteiger partial charge is 0.316 e. The van der Waals surface area contributed by atoms with Crippen LogP contribution in [-0.2, 0) is 6.42 Å². The lowest BCUT2D eigenvalue weighted by atomic mass is 9.87. The summed E-state index contributed by atoms with van der Waals surface area (Å²) in [6.45, 7) is 4.34. The maximum absolute atomic E-state index is 4.29. The Morgan fingerprint density at radius 1 is 1.33 bits per heavy atom. The van der Waals surface area contributed by atoms with Crippen molar-refractivity contribution in [1.29, 1.82) is 0 Å².